The van der Waals surface area contributed by atoms with Crippen molar-refractivity contribution in [2.24, 2.45) is 35.5 Å². The third kappa shape index (κ3) is 7.20. The molecule has 0 saturated heterocycles. The lowest BCUT2D eigenvalue weighted by atomic mass is 9.82. The molecule has 6 unspecified atom stereocenters. The van der Waals surface area contributed by atoms with Crippen LogP contribution >= 0.6 is 0 Å². The standard InChI is InChI=1S/C21H42/c1-7-9-11-17(4)19(6)14-16(3)12-13-18(5)21-15-20(21)10-8-2/h16-21H,7-15H2,1-6H3. The second-order valence-electron chi connectivity index (χ2n) is 8.44. The van der Waals surface area contributed by atoms with Gasteiger partial charge in [0.1, 0.15) is 0 Å². The second kappa shape index (κ2) is 9.90. The van der Waals surface area contributed by atoms with Crippen molar-refractivity contribution in [2.75, 3.05) is 0 Å². The summed E-state index contributed by atoms with van der Waals surface area (Å²) >= 11 is 0. The van der Waals surface area contributed by atoms with Crippen LogP contribution in [0.1, 0.15) is 99.3 Å². The summed E-state index contributed by atoms with van der Waals surface area (Å²) in [6.45, 7) is 14.6. The van der Waals surface area contributed by atoms with Crippen molar-refractivity contribution in [1.29, 1.82) is 0 Å². The van der Waals surface area contributed by atoms with Crippen LogP contribution in [0, 0.1) is 35.5 Å². The second-order valence-corrected chi connectivity index (χ2v) is 8.44. The average molecular weight is 295 g/mol. The van der Waals surface area contributed by atoms with E-state index in [0.29, 0.717) is 0 Å². The molecule has 0 aromatic heterocycles. The molecule has 21 heavy (non-hydrogen) atoms. The van der Waals surface area contributed by atoms with E-state index in [2.05, 4.69) is 41.5 Å². The molecule has 0 aliphatic heterocycles. The first-order valence-corrected chi connectivity index (χ1v) is 9.99. The third-order valence-corrected chi connectivity index (χ3v) is 6.24. The van der Waals surface area contributed by atoms with Crippen molar-refractivity contribution >= 4 is 0 Å². The van der Waals surface area contributed by atoms with Gasteiger partial charge in [-0.25, -0.2) is 0 Å². The zero-order valence-electron chi connectivity index (χ0n) is 15.8. The first-order valence-electron chi connectivity index (χ1n) is 9.99. The molecule has 1 aliphatic carbocycles. The summed E-state index contributed by atoms with van der Waals surface area (Å²) in [4.78, 5) is 0. The number of unbranched alkanes of at least 4 members (excludes halogenated alkanes) is 1. The van der Waals surface area contributed by atoms with Gasteiger partial charge in [-0.3, -0.25) is 0 Å². The number of rotatable bonds is 12. The van der Waals surface area contributed by atoms with Gasteiger partial charge in [0.2, 0.25) is 0 Å². The Hall–Kier alpha value is 0. The molecular weight excluding hydrogens is 252 g/mol. The Morgan fingerprint density at radius 3 is 2.19 bits per heavy atom. The third-order valence-electron chi connectivity index (χ3n) is 6.24. The molecular formula is C21H42. The van der Waals surface area contributed by atoms with Gasteiger partial charge < -0.3 is 0 Å². The Kier molecular flexibility index (Phi) is 8.98. The fraction of sp³-hybridized carbons (Fsp3) is 1.00. The monoisotopic (exact) mass is 294 g/mol. The van der Waals surface area contributed by atoms with E-state index in [1.54, 1.807) is 0 Å². The molecule has 0 amide bonds. The van der Waals surface area contributed by atoms with Crippen LogP contribution in [0.5, 0.6) is 0 Å². The van der Waals surface area contributed by atoms with Gasteiger partial charge in [0.15, 0.2) is 0 Å². The maximum absolute atomic E-state index is 2.51. The molecule has 0 aromatic carbocycles. The average Bonchev–Trinajstić information content (AvgIpc) is 3.21. The maximum Gasteiger partial charge on any atom is -0.0357 e. The summed E-state index contributed by atoms with van der Waals surface area (Å²) in [6, 6.07) is 0. The first-order chi connectivity index (χ1) is 9.99. The van der Waals surface area contributed by atoms with E-state index in [-0.39, 0.29) is 0 Å². The highest BCUT2D eigenvalue weighted by molar-refractivity contribution is 4.89. The van der Waals surface area contributed by atoms with E-state index >= 15 is 0 Å². The Morgan fingerprint density at radius 1 is 0.857 bits per heavy atom. The SMILES string of the molecule is CCCCC(C)C(C)CC(C)CCC(C)C1CC1CCC. The fourth-order valence-corrected chi connectivity index (χ4v) is 4.23. The molecule has 6 atom stereocenters. The summed E-state index contributed by atoms with van der Waals surface area (Å²) in [7, 11) is 0. The largest absolute Gasteiger partial charge is 0.0654 e. The van der Waals surface area contributed by atoms with Crippen molar-refractivity contribution in [3.8, 4) is 0 Å². The predicted molar refractivity (Wildman–Crippen MR) is 96.5 cm³/mol. The minimum Gasteiger partial charge on any atom is -0.0654 e. The summed E-state index contributed by atoms with van der Waals surface area (Å²) < 4.78 is 0. The summed E-state index contributed by atoms with van der Waals surface area (Å²) in [5.41, 5.74) is 0. The van der Waals surface area contributed by atoms with E-state index in [1.165, 1.54) is 57.8 Å². The van der Waals surface area contributed by atoms with Crippen LogP contribution in [0.3, 0.4) is 0 Å². The Morgan fingerprint density at radius 2 is 1.57 bits per heavy atom. The normalized spacial score (nSPS) is 27.1. The zero-order chi connectivity index (χ0) is 15.8. The van der Waals surface area contributed by atoms with Crippen LogP contribution in [-0.2, 0) is 0 Å². The van der Waals surface area contributed by atoms with Crippen LogP contribution in [-0.4, -0.2) is 0 Å². The molecule has 1 saturated carbocycles. The molecule has 0 heterocycles. The molecule has 0 aromatic rings. The summed E-state index contributed by atoms with van der Waals surface area (Å²) in [6.07, 6.45) is 13.0. The van der Waals surface area contributed by atoms with Crippen LogP contribution in [0.15, 0.2) is 0 Å². The number of hydrogen-bond acceptors (Lipinski definition) is 0. The van der Waals surface area contributed by atoms with Gasteiger partial charge in [-0.15, -0.1) is 0 Å². The molecule has 1 aliphatic rings. The Labute approximate surface area is 135 Å². The highest BCUT2D eigenvalue weighted by atomic mass is 14.4. The molecule has 0 bridgehead atoms. The zero-order valence-corrected chi connectivity index (χ0v) is 15.8. The van der Waals surface area contributed by atoms with E-state index < -0.39 is 0 Å². The molecule has 0 N–H and O–H groups in total. The lowest BCUT2D eigenvalue weighted by Crippen LogP contribution is -2.13. The van der Waals surface area contributed by atoms with E-state index in [9.17, 15) is 0 Å². The summed E-state index contributed by atoms with van der Waals surface area (Å²) in [5, 5.41) is 0. The van der Waals surface area contributed by atoms with Crippen LogP contribution in [0.2, 0.25) is 0 Å². The predicted octanol–water partition coefficient (Wildman–Crippen LogP) is 7.33. The fourth-order valence-electron chi connectivity index (χ4n) is 4.23. The van der Waals surface area contributed by atoms with Gasteiger partial charge in [-0.05, 0) is 48.3 Å². The molecule has 0 radical (unpaired) electrons. The number of hydrogen-bond donors (Lipinski definition) is 0. The highest BCUT2D eigenvalue weighted by Gasteiger charge is 2.39. The van der Waals surface area contributed by atoms with E-state index in [0.717, 1.165) is 35.5 Å². The van der Waals surface area contributed by atoms with Crippen molar-refractivity contribution in [3.05, 3.63) is 0 Å². The van der Waals surface area contributed by atoms with Gasteiger partial charge >= 0.3 is 0 Å². The van der Waals surface area contributed by atoms with Crippen molar-refractivity contribution in [3.63, 3.8) is 0 Å². The molecule has 1 fully saturated rings. The van der Waals surface area contributed by atoms with Crippen LogP contribution < -0.4 is 0 Å². The molecule has 126 valence electrons. The van der Waals surface area contributed by atoms with Gasteiger partial charge in [-0.2, -0.15) is 0 Å². The van der Waals surface area contributed by atoms with E-state index in [4.69, 9.17) is 0 Å². The van der Waals surface area contributed by atoms with Gasteiger partial charge in [-0.1, -0.05) is 86.5 Å². The lowest BCUT2D eigenvalue weighted by molar-refractivity contribution is 0.273. The maximum atomic E-state index is 2.51. The van der Waals surface area contributed by atoms with Gasteiger partial charge in [0.25, 0.3) is 0 Å². The van der Waals surface area contributed by atoms with Crippen LogP contribution in [0.4, 0.5) is 0 Å². The van der Waals surface area contributed by atoms with Gasteiger partial charge in [0.05, 0.1) is 0 Å². The molecule has 0 nitrogen and oxygen atoms in total. The van der Waals surface area contributed by atoms with Crippen molar-refractivity contribution in [2.45, 2.75) is 99.3 Å². The van der Waals surface area contributed by atoms with Crippen molar-refractivity contribution in [1.82, 2.24) is 0 Å². The quantitative estimate of drug-likeness (QED) is 0.353. The minimum atomic E-state index is 0.913. The topological polar surface area (TPSA) is 0 Å². The van der Waals surface area contributed by atoms with Crippen LogP contribution in [0.25, 0.3) is 0 Å². The van der Waals surface area contributed by atoms with Gasteiger partial charge in [0, 0.05) is 0 Å². The highest BCUT2D eigenvalue weighted by Crippen LogP contribution is 2.48. The van der Waals surface area contributed by atoms with Crippen molar-refractivity contribution < 1.29 is 0 Å². The Bertz CT molecular complexity index is 257. The minimum absolute atomic E-state index is 0.913. The first kappa shape index (κ1) is 19.0. The molecule has 0 spiro atoms. The van der Waals surface area contributed by atoms with E-state index in [1.807, 2.05) is 0 Å². The smallest absolute Gasteiger partial charge is 0.0357 e. The molecule has 0 heteroatoms. The Balaban J connectivity index is 2.14. The lowest BCUT2D eigenvalue weighted by Gasteiger charge is -2.24. The molecule has 1 rings (SSSR count). The summed E-state index contributed by atoms with van der Waals surface area (Å²) in [5.74, 6) is 5.91.